The second-order valence-electron chi connectivity index (χ2n) is 4.14. The minimum Gasteiger partial charge on any atom is -0.377 e. The van der Waals surface area contributed by atoms with Crippen LogP contribution in [0, 0.1) is 0 Å². The fraction of sp³-hybridized carbons (Fsp3) is 0.615. The number of nitrogens with zero attached hydrogens (tertiary/aromatic N) is 1. The van der Waals surface area contributed by atoms with Gasteiger partial charge in [0.25, 0.3) is 0 Å². The Morgan fingerprint density at radius 3 is 2.75 bits per heavy atom. The lowest BCUT2D eigenvalue weighted by atomic mass is 10.2. The molecule has 1 aromatic rings. The van der Waals surface area contributed by atoms with E-state index in [2.05, 4.69) is 31.1 Å². The van der Waals surface area contributed by atoms with Gasteiger partial charge in [-0.2, -0.15) is 0 Å². The summed E-state index contributed by atoms with van der Waals surface area (Å²) in [6.45, 7) is 7.92. The molecule has 3 nitrogen and oxygen atoms in total. The topological polar surface area (TPSA) is 34.1 Å². The molecule has 1 N–H and O–H groups in total. The zero-order chi connectivity index (χ0) is 11.8. The van der Waals surface area contributed by atoms with Crippen LogP contribution in [-0.2, 0) is 4.74 Å². The summed E-state index contributed by atoms with van der Waals surface area (Å²) in [4.78, 5) is 4.37. The molecule has 0 radical (unpaired) electrons. The molecular weight excluding hydrogens is 200 g/mol. The van der Waals surface area contributed by atoms with Gasteiger partial charge in [-0.1, -0.05) is 13.0 Å². The van der Waals surface area contributed by atoms with E-state index in [0.717, 1.165) is 18.7 Å². The Balaban J connectivity index is 2.56. The molecule has 0 spiro atoms. The van der Waals surface area contributed by atoms with Gasteiger partial charge in [0, 0.05) is 6.20 Å². The molecule has 0 fully saturated rings. The Morgan fingerprint density at radius 1 is 1.38 bits per heavy atom. The van der Waals surface area contributed by atoms with Gasteiger partial charge in [-0.15, -0.1) is 0 Å². The predicted octanol–water partition coefficient (Wildman–Crippen LogP) is 2.55. The molecule has 1 unspecified atom stereocenters. The number of hydrogen-bond donors (Lipinski definition) is 1. The third-order valence-electron chi connectivity index (χ3n) is 2.28. The van der Waals surface area contributed by atoms with Gasteiger partial charge in [-0.25, -0.2) is 0 Å². The van der Waals surface area contributed by atoms with Crippen LogP contribution in [0.25, 0.3) is 0 Å². The first-order chi connectivity index (χ1) is 7.74. The maximum Gasteiger partial charge on any atom is 0.0732 e. The van der Waals surface area contributed by atoms with Gasteiger partial charge in [0.05, 0.1) is 24.4 Å². The number of rotatable bonds is 7. The zero-order valence-electron chi connectivity index (χ0n) is 10.4. The van der Waals surface area contributed by atoms with Crippen molar-refractivity contribution in [2.45, 2.75) is 39.3 Å². The predicted molar refractivity (Wildman–Crippen MR) is 66.4 cm³/mol. The van der Waals surface area contributed by atoms with Gasteiger partial charge in [0.1, 0.15) is 0 Å². The average molecular weight is 222 g/mol. The van der Waals surface area contributed by atoms with Gasteiger partial charge in [-0.05, 0) is 38.9 Å². The highest BCUT2D eigenvalue weighted by Crippen LogP contribution is 2.10. The van der Waals surface area contributed by atoms with E-state index in [1.54, 1.807) is 0 Å². The summed E-state index contributed by atoms with van der Waals surface area (Å²) >= 11 is 0. The van der Waals surface area contributed by atoms with E-state index >= 15 is 0 Å². The second-order valence-corrected chi connectivity index (χ2v) is 4.14. The average Bonchev–Trinajstić information content (AvgIpc) is 2.30. The molecule has 0 bridgehead atoms. The summed E-state index contributed by atoms with van der Waals surface area (Å²) < 4.78 is 5.65. The SMILES string of the molecule is CCCNC(COC(C)C)c1ccccn1. The first-order valence-corrected chi connectivity index (χ1v) is 6.00. The van der Waals surface area contributed by atoms with Gasteiger partial charge in [-0.3, -0.25) is 4.98 Å². The van der Waals surface area contributed by atoms with Crippen LogP contribution in [0.15, 0.2) is 24.4 Å². The minimum atomic E-state index is 0.198. The maximum atomic E-state index is 5.65. The monoisotopic (exact) mass is 222 g/mol. The van der Waals surface area contributed by atoms with E-state index in [9.17, 15) is 0 Å². The van der Waals surface area contributed by atoms with E-state index in [1.807, 2.05) is 24.4 Å². The van der Waals surface area contributed by atoms with Crippen molar-refractivity contribution in [2.75, 3.05) is 13.2 Å². The van der Waals surface area contributed by atoms with Crippen molar-refractivity contribution >= 4 is 0 Å². The summed E-state index contributed by atoms with van der Waals surface area (Å²) in [5.41, 5.74) is 1.05. The van der Waals surface area contributed by atoms with Crippen molar-refractivity contribution in [3.05, 3.63) is 30.1 Å². The standard InChI is InChI=1S/C13H22N2O/c1-4-8-14-13(10-16-11(2)3)12-7-5-6-9-15-12/h5-7,9,11,13-14H,4,8,10H2,1-3H3. The third-order valence-corrected chi connectivity index (χ3v) is 2.28. The molecule has 1 aromatic heterocycles. The normalized spacial score (nSPS) is 13.0. The van der Waals surface area contributed by atoms with Gasteiger partial charge >= 0.3 is 0 Å². The Kier molecular flexibility index (Phi) is 6.04. The highest BCUT2D eigenvalue weighted by atomic mass is 16.5. The molecule has 90 valence electrons. The summed E-state index contributed by atoms with van der Waals surface area (Å²) in [5.74, 6) is 0. The first kappa shape index (κ1) is 13.1. The quantitative estimate of drug-likeness (QED) is 0.770. The van der Waals surface area contributed by atoms with E-state index < -0.39 is 0 Å². The Morgan fingerprint density at radius 2 is 2.19 bits per heavy atom. The van der Waals surface area contributed by atoms with Crippen molar-refractivity contribution < 1.29 is 4.74 Å². The lowest BCUT2D eigenvalue weighted by Crippen LogP contribution is -2.28. The van der Waals surface area contributed by atoms with E-state index in [0.29, 0.717) is 6.61 Å². The molecule has 1 rings (SSSR count). The lowest BCUT2D eigenvalue weighted by Gasteiger charge is -2.19. The van der Waals surface area contributed by atoms with Crippen LogP contribution in [-0.4, -0.2) is 24.2 Å². The molecule has 0 aromatic carbocycles. The fourth-order valence-corrected chi connectivity index (χ4v) is 1.44. The third kappa shape index (κ3) is 4.73. The Bertz CT molecular complexity index is 275. The highest BCUT2D eigenvalue weighted by Gasteiger charge is 2.12. The molecule has 1 heterocycles. The summed E-state index contributed by atoms with van der Waals surface area (Å²) in [6.07, 6.45) is 3.20. The number of pyridine rings is 1. The summed E-state index contributed by atoms with van der Waals surface area (Å²) in [5, 5.41) is 3.45. The molecule has 0 aliphatic heterocycles. The Hall–Kier alpha value is -0.930. The first-order valence-electron chi connectivity index (χ1n) is 6.00. The molecular formula is C13H22N2O. The van der Waals surface area contributed by atoms with Crippen molar-refractivity contribution in [3.8, 4) is 0 Å². The van der Waals surface area contributed by atoms with Crippen LogP contribution in [0.4, 0.5) is 0 Å². The maximum absolute atomic E-state index is 5.65. The van der Waals surface area contributed by atoms with E-state index in [4.69, 9.17) is 4.74 Å². The molecule has 0 saturated heterocycles. The number of nitrogens with one attached hydrogen (secondary N) is 1. The van der Waals surface area contributed by atoms with Gasteiger partial charge in [0.15, 0.2) is 0 Å². The van der Waals surface area contributed by atoms with E-state index in [1.165, 1.54) is 0 Å². The van der Waals surface area contributed by atoms with Crippen molar-refractivity contribution in [2.24, 2.45) is 0 Å². The van der Waals surface area contributed by atoms with Gasteiger partial charge < -0.3 is 10.1 Å². The highest BCUT2D eigenvalue weighted by molar-refractivity contribution is 5.08. The van der Waals surface area contributed by atoms with Crippen LogP contribution < -0.4 is 5.32 Å². The molecule has 0 amide bonds. The molecule has 1 atom stereocenters. The molecule has 0 aliphatic rings. The van der Waals surface area contributed by atoms with Crippen LogP contribution in [0.2, 0.25) is 0 Å². The minimum absolute atomic E-state index is 0.198. The van der Waals surface area contributed by atoms with Crippen molar-refractivity contribution in [1.82, 2.24) is 10.3 Å². The molecule has 16 heavy (non-hydrogen) atoms. The molecule has 3 heteroatoms. The van der Waals surface area contributed by atoms with Gasteiger partial charge in [0.2, 0.25) is 0 Å². The summed E-state index contributed by atoms with van der Waals surface area (Å²) in [7, 11) is 0. The Labute approximate surface area is 98.2 Å². The fourth-order valence-electron chi connectivity index (χ4n) is 1.44. The van der Waals surface area contributed by atoms with Crippen LogP contribution in [0.5, 0.6) is 0 Å². The number of ether oxygens (including phenoxy) is 1. The molecule has 0 aliphatic carbocycles. The number of aromatic nitrogens is 1. The smallest absolute Gasteiger partial charge is 0.0732 e. The molecule has 0 saturated carbocycles. The second kappa shape index (κ2) is 7.36. The van der Waals surface area contributed by atoms with Crippen molar-refractivity contribution in [1.29, 1.82) is 0 Å². The largest absolute Gasteiger partial charge is 0.377 e. The lowest BCUT2D eigenvalue weighted by molar-refractivity contribution is 0.0603. The van der Waals surface area contributed by atoms with Crippen LogP contribution in [0.3, 0.4) is 0 Å². The summed E-state index contributed by atoms with van der Waals surface area (Å²) in [6, 6.07) is 6.18. The van der Waals surface area contributed by atoms with Crippen LogP contribution >= 0.6 is 0 Å². The van der Waals surface area contributed by atoms with E-state index in [-0.39, 0.29) is 12.1 Å². The number of hydrogen-bond acceptors (Lipinski definition) is 3. The van der Waals surface area contributed by atoms with Crippen molar-refractivity contribution in [3.63, 3.8) is 0 Å². The zero-order valence-corrected chi connectivity index (χ0v) is 10.4. The van der Waals surface area contributed by atoms with Crippen LogP contribution in [0.1, 0.15) is 38.9 Å².